The van der Waals surface area contributed by atoms with Crippen LogP contribution in [-0.4, -0.2) is 27.9 Å². The normalized spacial score (nSPS) is 10.4. The Morgan fingerprint density at radius 2 is 2.24 bits per heavy atom. The van der Waals surface area contributed by atoms with Crippen LogP contribution >= 0.6 is 0 Å². The standard InChI is InChI=1S/C14H18N4O3/c1-3-21-14-10-12(4-5-13(14)18(19)20)15-8-6-11-7-9-17(2)16-11/h4-5,7,9-10,15H,3,6,8H2,1-2H3. The number of nitrogens with one attached hydrogen (secondary N) is 1. The number of aryl methyl sites for hydroxylation is 1. The van der Waals surface area contributed by atoms with Gasteiger partial charge in [-0.15, -0.1) is 0 Å². The van der Waals surface area contributed by atoms with Gasteiger partial charge in [0.2, 0.25) is 0 Å². The average Bonchev–Trinajstić information content (AvgIpc) is 2.85. The first kappa shape index (κ1) is 14.8. The van der Waals surface area contributed by atoms with Gasteiger partial charge in [-0.1, -0.05) is 0 Å². The summed E-state index contributed by atoms with van der Waals surface area (Å²) in [5.74, 6) is 0.283. The molecule has 0 aliphatic rings. The topological polar surface area (TPSA) is 82.2 Å². The van der Waals surface area contributed by atoms with Crippen molar-refractivity contribution in [2.45, 2.75) is 13.3 Å². The number of rotatable bonds is 7. The summed E-state index contributed by atoms with van der Waals surface area (Å²) in [7, 11) is 1.88. The summed E-state index contributed by atoms with van der Waals surface area (Å²) in [5.41, 5.74) is 1.77. The van der Waals surface area contributed by atoms with E-state index >= 15 is 0 Å². The Labute approximate surface area is 122 Å². The molecule has 1 heterocycles. The maximum absolute atomic E-state index is 10.9. The number of hydrogen-bond acceptors (Lipinski definition) is 5. The van der Waals surface area contributed by atoms with Crippen molar-refractivity contribution in [2.24, 2.45) is 7.05 Å². The molecule has 0 bridgehead atoms. The van der Waals surface area contributed by atoms with Crippen molar-refractivity contribution in [3.05, 3.63) is 46.3 Å². The first-order chi connectivity index (χ1) is 10.1. The van der Waals surface area contributed by atoms with Gasteiger partial charge in [-0.25, -0.2) is 0 Å². The number of aromatic nitrogens is 2. The number of hydrogen-bond donors (Lipinski definition) is 1. The quantitative estimate of drug-likeness (QED) is 0.625. The fraction of sp³-hybridized carbons (Fsp3) is 0.357. The van der Waals surface area contributed by atoms with E-state index in [2.05, 4.69) is 10.4 Å². The predicted octanol–water partition coefficient (Wildman–Crippen LogP) is 2.38. The van der Waals surface area contributed by atoms with Crippen LogP contribution in [0.15, 0.2) is 30.5 Å². The molecule has 0 unspecified atom stereocenters. The van der Waals surface area contributed by atoms with Crippen LogP contribution in [0.2, 0.25) is 0 Å². The zero-order valence-electron chi connectivity index (χ0n) is 12.1. The van der Waals surface area contributed by atoms with Crippen LogP contribution in [0.25, 0.3) is 0 Å². The van der Waals surface area contributed by atoms with E-state index in [1.165, 1.54) is 6.07 Å². The minimum Gasteiger partial charge on any atom is -0.487 e. The van der Waals surface area contributed by atoms with Crippen LogP contribution in [0.4, 0.5) is 11.4 Å². The Bertz CT molecular complexity index is 624. The second kappa shape index (κ2) is 6.74. The highest BCUT2D eigenvalue weighted by atomic mass is 16.6. The molecule has 7 heteroatoms. The molecular weight excluding hydrogens is 272 g/mol. The molecule has 0 saturated carbocycles. The minimum atomic E-state index is -0.442. The highest BCUT2D eigenvalue weighted by molar-refractivity contribution is 5.58. The molecule has 0 aliphatic heterocycles. The van der Waals surface area contributed by atoms with Gasteiger partial charge in [-0.05, 0) is 19.1 Å². The fourth-order valence-electron chi connectivity index (χ4n) is 1.98. The van der Waals surface area contributed by atoms with Crippen molar-refractivity contribution >= 4 is 11.4 Å². The Balaban J connectivity index is 1.99. The molecule has 2 rings (SSSR count). The third-order valence-corrected chi connectivity index (χ3v) is 2.94. The summed E-state index contributed by atoms with van der Waals surface area (Å²) in [6.45, 7) is 2.88. The van der Waals surface area contributed by atoms with Gasteiger partial charge in [0.25, 0.3) is 0 Å². The molecule has 2 aromatic rings. The number of nitro groups is 1. The van der Waals surface area contributed by atoms with E-state index in [1.807, 2.05) is 19.3 Å². The van der Waals surface area contributed by atoms with E-state index in [0.717, 1.165) is 17.8 Å². The van der Waals surface area contributed by atoms with Crippen molar-refractivity contribution in [1.29, 1.82) is 0 Å². The lowest BCUT2D eigenvalue weighted by atomic mass is 10.2. The lowest BCUT2D eigenvalue weighted by Gasteiger charge is -2.09. The summed E-state index contributed by atoms with van der Waals surface area (Å²) < 4.78 is 7.07. The molecular formula is C14H18N4O3. The lowest BCUT2D eigenvalue weighted by molar-refractivity contribution is -0.385. The van der Waals surface area contributed by atoms with Gasteiger partial charge in [0, 0.05) is 44.0 Å². The van der Waals surface area contributed by atoms with E-state index in [9.17, 15) is 10.1 Å². The maximum atomic E-state index is 10.9. The highest BCUT2D eigenvalue weighted by Gasteiger charge is 2.15. The molecule has 21 heavy (non-hydrogen) atoms. The van der Waals surface area contributed by atoms with E-state index < -0.39 is 4.92 Å². The summed E-state index contributed by atoms with van der Waals surface area (Å²) in [5, 5.41) is 18.4. The summed E-state index contributed by atoms with van der Waals surface area (Å²) in [6, 6.07) is 6.75. The maximum Gasteiger partial charge on any atom is 0.311 e. The molecule has 0 spiro atoms. The van der Waals surface area contributed by atoms with Crippen molar-refractivity contribution in [2.75, 3.05) is 18.5 Å². The fourth-order valence-corrected chi connectivity index (χ4v) is 1.98. The lowest BCUT2D eigenvalue weighted by Crippen LogP contribution is -2.06. The average molecular weight is 290 g/mol. The van der Waals surface area contributed by atoms with Crippen LogP contribution in [-0.2, 0) is 13.5 Å². The minimum absolute atomic E-state index is 0.0212. The third-order valence-electron chi connectivity index (χ3n) is 2.94. The molecule has 112 valence electrons. The van der Waals surface area contributed by atoms with Crippen LogP contribution in [0.1, 0.15) is 12.6 Å². The molecule has 0 aliphatic carbocycles. The van der Waals surface area contributed by atoms with Crippen molar-refractivity contribution in [1.82, 2.24) is 9.78 Å². The molecule has 0 amide bonds. The smallest absolute Gasteiger partial charge is 0.311 e. The van der Waals surface area contributed by atoms with Gasteiger partial charge in [0.1, 0.15) is 0 Å². The zero-order chi connectivity index (χ0) is 15.2. The number of nitro benzene ring substituents is 1. The van der Waals surface area contributed by atoms with Gasteiger partial charge in [-0.2, -0.15) is 5.10 Å². The zero-order valence-corrected chi connectivity index (χ0v) is 12.1. The van der Waals surface area contributed by atoms with Gasteiger partial charge in [0.05, 0.1) is 17.2 Å². The SMILES string of the molecule is CCOc1cc(NCCc2ccn(C)n2)ccc1[N+](=O)[O-]. The monoisotopic (exact) mass is 290 g/mol. The Kier molecular flexibility index (Phi) is 4.76. The van der Waals surface area contributed by atoms with Crippen molar-refractivity contribution < 1.29 is 9.66 Å². The molecule has 0 saturated heterocycles. The van der Waals surface area contributed by atoms with Gasteiger partial charge < -0.3 is 10.1 Å². The molecule has 1 aromatic carbocycles. The predicted molar refractivity (Wildman–Crippen MR) is 79.7 cm³/mol. The Hall–Kier alpha value is -2.57. The van der Waals surface area contributed by atoms with Crippen LogP contribution < -0.4 is 10.1 Å². The number of nitrogens with zero attached hydrogens (tertiary/aromatic N) is 3. The first-order valence-corrected chi connectivity index (χ1v) is 6.73. The molecule has 1 N–H and O–H groups in total. The summed E-state index contributed by atoms with van der Waals surface area (Å²) in [4.78, 5) is 10.5. The Morgan fingerprint density at radius 1 is 1.43 bits per heavy atom. The van der Waals surface area contributed by atoms with Gasteiger partial charge in [-0.3, -0.25) is 14.8 Å². The van der Waals surface area contributed by atoms with Crippen LogP contribution in [0.3, 0.4) is 0 Å². The molecule has 7 nitrogen and oxygen atoms in total. The number of ether oxygens (including phenoxy) is 1. The summed E-state index contributed by atoms with van der Waals surface area (Å²) in [6.07, 6.45) is 2.68. The first-order valence-electron chi connectivity index (χ1n) is 6.73. The molecule has 1 aromatic heterocycles. The van der Waals surface area contributed by atoms with Crippen LogP contribution in [0.5, 0.6) is 5.75 Å². The second-order valence-corrected chi connectivity index (χ2v) is 4.53. The van der Waals surface area contributed by atoms with Crippen molar-refractivity contribution in [3.63, 3.8) is 0 Å². The second-order valence-electron chi connectivity index (χ2n) is 4.53. The highest BCUT2D eigenvalue weighted by Crippen LogP contribution is 2.30. The van der Waals surface area contributed by atoms with E-state index in [0.29, 0.717) is 13.2 Å². The Morgan fingerprint density at radius 3 is 2.86 bits per heavy atom. The third kappa shape index (κ3) is 3.95. The molecule has 0 atom stereocenters. The number of benzene rings is 1. The largest absolute Gasteiger partial charge is 0.487 e. The van der Waals surface area contributed by atoms with Crippen molar-refractivity contribution in [3.8, 4) is 5.75 Å². The van der Waals surface area contributed by atoms with E-state index in [4.69, 9.17) is 4.74 Å². The molecule has 0 fully saturated rings. The van der Waals surface area contributed by atoms with E-state index in [1.54, 1.807) is 23.7 Å². The number of anilines is 1. The molecule has 0 radical (unpaired) electrons. The van der Waals surface area contributed by atoms with Gasteiger partial charge >= 0.3 is 5.69 Å². The van der Waals surface area contributed by atoms with Crippen LogP contribution in [0, 0.1) is 10.1 Å². The van der Waals surface area contributed by atoms with E-state index in [-0.39, 0.29) is 11.4 Å². The van der Waals surface area contributed by atoms with Gasteiger partial charge in [0.15, 0.2) is 5.75 Å². The summed E-state index contributed by atoms with van der Waals surface area (Å²) >= 11 is 0.